The standard InChI is InChI=1S/C27H22BrCl2N5O/c1-15-10-18(29)12-20(24-17(14-31-2)11-16-6-3-4-7-19(16)24)25(15)33-27(36)22-13-23(28)34-35(22)26-21(30)8-5-9-32-26/h3-13,24,31H,14H2,1-2H3,(H,33,36). The highest BCUT2D eigenvalue weighted by atomic mass is 79.9. The molecule has 0 saturated carbocycles. The van der Waals surface area contributed by atoms with Crippen LogP contribution >= 0.6 is 39.1 Å². The number of nitrogens with zero attached hydrogens (tertiary/aromatic N) is 3. The zero-order valence-electron chi connectivity index (χ0n) is 19.5. The minimum Gasteiger partial charge on any atom is -0.320 e. The normalized spacial score (nSPS) is 14.5. The van der Waals surface area contributed by atoms with E-state index in [0.717, 1.165) is 16.7 Å². The molecule has 182 valence electrons. The molecule has 4 aromatic rings. The quantitative estimate of drug-likeness (QED) is 0.267. The number of fused-ring (bicyclic) bond motifs is 1. The summed E-state index contributed by atoms with van der Waals surface area (Å²) in [6.45, 7) is 2.65. The van der Waals surface area contributed by atoms with Crippen molar-refractivity contribution < 1.29 is 4.79 Å². The van der Waals surface area contributed by atoms with Crippen LogP contribution < -0.4 is 10.6 Å². The molecule has 1 unspecified atom stereocenters. The molecule has 0 fully saturated rings. The van der Waals surface area contributed by atoms with E-state index in [-0.39, 0.29) is 11.8 Å². The second-order valence-electron chi connectivity index (χ2n) is 8.53. The fourth-order valence-corrected chi connectivity index (χ4v) is 5.52. The van der Waals surface area contributed by atoms with E-state index in [0.29, 0.717) is 38.4 Å². The number of rotatable bonds is 6. The Balaban J connectivity index is 1.59. The highest BCUT2D eigenvalue weighted by Gasteiger charge is 2.30. The molecule has 1 aliphatic rings. The molecule has 2 aromatic heterocycles. The van der Waals surface area contributed by atoms with Gasteiger partial charge in [-0.25, -0.2) is 9.67 Å². The van der Waals surface area contributed by atoms with E-state index in [1.165, 1.54) is 15.8 Å². The molecule has 0 aliphatic heterocycles. The third-order valence-electron chi connectivity index (χ3n) is 6.13. The number of carbonyl (C=O) groups is 1. The maximum absolute atomic E-state index is 13.7. The van der Waals surface area contributed by atoms with Crippen LogP contribution in [-0.2, 0) is 0 Å². The lowest BCUT2D eigenvalue weighted by Gasteiger charge is -2.23. The van der Waals surface area contributed by atoms with E-state index >= 15 is 0 Å². The van der Waals surface area contributed by atoms with Crippen molar-refractivity contribution in [3.63, 3.8) is 0 Å². The predicted molar refractivity (Wildman–Crippen MR) is 148 cm³/mol. The fourth-order valence-electron chi connectivity index (χ4n) is 4.67. The summed E-state index contributed by atoms with van der Waals surface area (Å²) < 4.78 is 1.93. The number of aromatic nitrogens is 3. The van der Waals surface area contributed by atoms with Crippen molar-refractivity contribution in [1.29, 1.82) is 0 Å². The third-order valence-corrected chi connectivity index (χ3v) is 7.03. The summed E-state index contributed by atoms with van der Waals surface area (Å²) in [5.41, 5.74) is 6.33. The number of anilines is 1. The van der Waals surface area contributed by atoms with Crippen LogP contribution in [0, 0.1) is 6.92 Å². The molecule has 2 N–H and O–H groups in total. The molecule has 5 rings (SSSR count). The van der Waals surface area contributed by atoms with Crippen LogP contribution in [0.5, 0.6) is 0 Å². The first-order valence-electron chi connectivity index (χ1n) is 11.3. The van der Waals surface area contributed by atoms with Gasteiger partial charge in [-0.05, 0) is 82.0 Å². The molecule has 1 aliphatic carbocycles. The molecular weight excluding hydrogens is 561 g/mol. The Morgan fingerprint density at radius 3 is 2.69 bits per heavy atom. The van der Waals surface area contributed by atoms with Gasteiger partial charge in [0, 0.05) is 35.4 Å². The Hall–Kier alpha value is -2.97. The van der Waals surface area contributed by atoms with E-state index in [1.54, 1.807) is 24.4 Å². The Morgan fingerprint density at radius 1 is 1.11 bits per heavy atom. The highest BCUT2D eigenvalue weighted by molar-refractivity contribution is 9.10. The van der Waals surface area contributed by atoms with Crippen molar-refractivity contribution in [3.05, 3.63) is 109 Å². The van der Waals surface area contributed by atoms with E-state index < -0.39 is 0 Å². The molecule has 2 heterocycles. The molecule has 0 radical (unpaired) electrons. The van der Waals surface area contributed by atoms with Gasteiger partial charge in [0.1, 0.15) is 10.3 Å². The van der Waals surface area contributed by atoms with Crippen molar-refractivity contribution in [3.8, 4) is 5.82 Å². The largest absolute Gasteiger partial charge is 0.320 e. The lowest BCUT2D eigenvalue weighted by atomic mass is 9.86. The van der Waals surface area contributed by atoms with Crippen LogP contribution in [0.3, 0.4) is 0 Å². The topological polar surface area (TPSA) is 71.8 Å². The predicted octanol–water partition coefficient (Wildman–Crippen LogP) is 6.65. The van der Waals surface area contributed by atoms with Crippen molar-refractivity contribution in [2.45, 2.75) is 12.8 Å². The number of aryl methyl sites for hydroxylation is 1. The summed E-state index contributed by atoms with van der Waals surface area (Å²) in [5, 5.41) is 11.8. The molecule has 0 saturated heterocycles. The molecule has 0 spiro atoms. The summed E-state index contributed by atoms with van der Waals surface area (Å²) in [7, 11) is 1.93. The number of carbonyl (C=O) groups excluding carboxylic acids is 1. The van der Waals surface area contributed by atoms with E-state index in [4.69, 9.17) is 23.2 Å². The van der Waals surface area contributed by atoms with E-state index in [1.807, 2.05) is 38.2 Å². The zero-order valence-corrected chi connectivity index (χ0v) is 22.6. The first kappa shape index (κ1) is 24.7. The van der Waals surface area contributed by atoms with Crippen LogP contribution in [0.4, 0.5) is 5.69 Å². The van der Waals surface area contributed by atoms with Crippen molar-refractivity contribution in [2.75, 3.05) is 18.9 Å². The number of halogens is 3. The van der Waals surface area contributed by atoms with Gasteiger partial charge in [-0.15, -0.1) is 0 Å². The molecule has 2 aromatic carbocycles. The van der Waals surface area contributed by atoms with Gasteiger partial charge in [-0.1, -0.05) is 53.5 Å². The monoisotopic (exact) mass is 581 g/mol. The van der Waals surface area contributed by atoms with Crippen LogP contribution in [0.1, 0.15) is 38.7 Å². The Kier molecular flexibility index (Phi) is 6.99. The SMILES string of the molecule is CNCC1=Cc2ccccc2C1c1cc(Cl)cc(C)c1NC(=O)c1cc(Br)nn1-c1ncccc1Cl. The molecule has 1 atom stereocenters. The molecule has 0 bridgehead atoms. The maximum Gasteiger partial charge on any atom is 0.274 e. The average molecular weight is 583 g/mol. The molecule has 1 amide bonds. The summed E-state index contributed by atoms with van der Waals surface area (Å²) in [5.74, 6) is -0.0257. The highest BCUT2D eigenvalue weighted by Crippen LogP contribution is 2.45. The minimum atomic E-state index is -0.341. The third kappa shape index (κ3) is 4.60. The van der Waals surface area contributed by atoms with Gasteiger partial charge in [0.15, 0.2) is 5.82 Å². The van der Waals surface area contributed by atoms with Gasteiger partial charge in [-0.2, -0.15) is 5.10 Å². The summed E-state index contributed by atoms with van der Waals surface area (Å²) in [6.07, 6.45) is 3.81. The summed E-state index contributed by atoms with van der Waals surface area (Å²) >= 11 is 16.3. The van der Waals surface area contributed by atoms with Crippen LogP contribution in [-0.4, -0.2) is 34.3 Å². The smallest absolute Gasteiger partial charge is 0.274 e. The number of benzene rings is 2. The number of pyridine rings is 1. The molecule has 9 heteroatoms. The first-order chi connectivity index (χ1) is 17.4. The number of hydrogen-bond donors (Lipinski definition) is 2. The molecule has 36 heavy (non-hydrogen) atoms. The minimum absolute atomic E-state index is 0.0526. The lowest BCUT2D eigenvalue weighted by molar-refractivity contribution is 0.101. The van der Waals surface area contributed by atoms with Gasteiger partial charge >= 0.3 is 0 Å². The fraction of sp³-hybridized carbons (Fsp3) is 0.148. The van der Waals surface area contributed by atoms with Crippen LogP contribution in [0.15, 0.2) is 71.0 Å². The summed E-state index contributed by atoms with van der Waals surface area (Å²) in [6, 6.07) is 17.1. The van der Waals surface area contributed by atoms with Gasteiger partial charge in [0.25, 0.3) is 5.91 Å². The van der Waals surface area contributed by atoms with Crippen molar-refractivity contribution in [2.24, 2.45) is 0 Å². The van der Waals surface area contributed by atoms with Gasteiger partial charge in [0.2, 0.25) is 0 Å². The second kappa shape index (κ2) is 10.2. The maximum atomic E-state index is 13.7. The Labute approximate surface area is 227 Å². The van der Waals surface area contributed by atoms with Crippen LogP contribution in [0.2, 0.25) is 10.0 Å². The lowest BCUT2D eigenvalue weighted by Crippen LogP contribution is -2.21. The van der Waals surface area contributed by atoms with Crippen LogP contribution in [0.25, 0.3) is 11.9 Å². The number of amides is 1. The number of nitrogens with one attached hydrogen (secondary N) is 2. The van der Waals surface area contributed by atoms with Crippen molar-refractivity contribution in [1.82, 2.24) is 20.1 Å². The summed E-state index contributed by atoms with van der Waals surface area (Å²) in [4.78, 5) is 18.0. The van der Waals surface area contributed by atoms with E-state index in [9.17, 15) is 4.79 Å². The average Bonchev–Trinajstić information content (AvgIpc) is 3.41. The Bertz CT molecular complexity index is 1510. The Morgan fingerprint density at radius 2 is 1.92 bits per heavy atom. The zero-order chi connectivity index (χ0) is 25.4. The first-order valence-corrected chi connectivity index (χ1v) is 12.8. The molecule has 6 nitrogen and oxygen atoms in total. The number of likely N-dealkylation sites (N-methyl/N-ethyl adjacent to an activating group) is 1. The van der Waals surface area contributed by atoms with Gasteiger partial charge < -0.3 is 10.6 Å². The van der Waals surface area contributed by atoms with E-state index in [2.05, 4.69) is 54.9 Å². The van der Waals surface area contributed by atoms with Gasteiger partial charge in [-0.3, -0.25) is 4.79 Å². The van der Waals surface area contributed by atoms with Crippen molar-refractivity contribution >= 4 is 56.8 Å². The second-order valence-corrected chi connectivity index (χ2v) is 10.2. The van der Waals surface area contributed by atoms with Gasteiger partial charge in [0.05, 0.1) is 5.02 Å². The number of hydrogen-bond acceptors (Lipinski definition) is 4. The molecular formula is C27H22BrCl2N5O.